The first-order valence-corrected chi connectivity index (χ1v) is 8.87. The van der Waals surface area contributed by atoms with Crippen molar-refractivity contribution in [2.45, 2.75) is 65.5 Å². The van der Waals surface area contributed by atoms with E-state index < -0.39 is 59.0 Å². The van der Waals surface area contributed by atoms with Gasteiger partial charge in [0.15, 0.2) is 0 Å². The number of amides is 2. The molecule has 30 heavy (non-hydrogen) atoms. The number of nitrogens with one attached hydrogen (secondary N) is 2. The van der Waals surface area contributed by atoms with E-state index in [0.29, 0.717) is 6.07 Å². The summed E-state index contributed by atoms with van der Waals surface area (Å²) in [5.41, 5.74) is -3.74. The maximum Gasteiger partial charge on any atom is 0.419 e. The van der Waals surface area contributed by atoms with Crippen LogP contribution in [0.3, 0.4) is 0 Å². The van der Waals surface area contributed by atoms with E-state index in [0.717, 1.165) is 12.1 Å². The van der Waals surface area contributed by atoms with Crippen molar-refractivity contribution in [3.8, 4) is 0 Å². The Morgan fingerprint density at radius 2 is 1.40 bits per heavy atom. The molecule has 0 saturated heterocycles. The number of nitrogens with zero attached hydrogens (tertiary/aromatic N) is 1. The number of hydrogen-bond donors (Lipinski definition) is 2. The molecule has 1 aromatic rings. The molecular weight excluding hydrogens is 410 g/mol. The van der Waals surface area contributed by atoms with E-state index in [1.165, 1.54) is 0 Å². The van der Waals surface area contributed by atoms with Gasteiger partial charge in [0, 0.05) is 0 Å². The molecule has 0 aliphatic heterocycles. The van der Waals surface area contributed by atoms with Crippen molar-refractivity contribution in [3.05, 3.63) is 35.1 Å². The van der Waals surface area contributed by atoms with Gasteiger partial charge in [0.25, 0.3) is 0 Å². The second-order valence-corrected chi connectivity index (χ2v) is 8.19. The molecule has 0 spiro atoms. The highest BCUT2D eigenvalue weighted by atomic mass is 19.4. The van der Waals surface area contributed by atoms with Gasteiger partial charge in [-0.25, -0.2) is 19.0 Å². The van der Waals surface area contributed by atoms with Gasteiger partial charge in [0.1, 0.15) is 17.0 Å². The minimum atomic E-state index is -4.95. The predicted octanol–water partition coefficient (Wildman–Crippen LogP) is 4.75. The van der Waals surface area contributed by atoms with Crippen LogP contribution in [0.25, 0.3) is 0 Å². The van der Waals surface area contributed by atoms with E-state index in [9.17, 15) is 27.2 Å². The zero-order valence-electron chi connectivity index (χ0n) is 17.5. The molecule has 2 N–H and O–H groups in total. The summed E-state index contributed by atoms with van der Waals surface area (Å²) in [7, 11) is 0. The first-order valence-electron chi connectivity index (χ1n) is 8.87. The lowest BCUT2D eigenvalue weighted by molar-refractivity contribution is -0.140. The Labute approximate surface area is 171 Å². The van der Waals surface area contributed by atoms with Crippen molar-refractivity contribution in [1.29, 1.82) is 0 Å². The van der Waals surface area contributed by atoms with Crippen LogP contribution in [0.15, 0.2) is 23.2 Å². The van der Waals surface area contributed by atoms with Crippen LogP contribution in [0.2, 0.25) is 0 Å². The number of aliphatic imine (C=N–C) groups is 1. The molecule has 7 nitrogen and oxygen atoms in total. The van der Waals surface area contributed by atoms with Crippen LogP contribution in [-0.2, 0) is 22.2 Å². The summed E-state index contributed by atoms with van der Waals surface area (Å²) in [6.45, 7) is 8.85. The molecule has 0 atom stereocenters. The van der Waals surface area contributed by atoms with E-state index in [1.54, 1.807) is 41.5 Å². The average Bonchev–Trinajstić information content (AvgIpc) is 2.47. The number of rotatable bonds is 2. The SMILES string of the molecule is CC(C)(C)OC(=O)NC(=NCc1cccc(F)c1C(F)(F)F)NC(=O)OC(C)(C)C. The van der Waals surface area contributed by atoms with Crippen molar-refractivity contribution >= 4 is 18.1 Å². The maximum absolute atomic E-state index is 13.7. The lowest BCUT2D eigenvalue weighted by Crippen LogP contribution is -2.47. The van der Waals surface area contributed by atoms with Crippen molar-refractivity contribution < 1.29 is 36.6 Å². The molecule has 0 radical (unpaired) electrons. The van der Waals surface area contributed by atoms with E-state index in [1.807, 2.05) is 0 Å². The molecule has 2 amide bonds. The number of hydrogen-bond acceptors (Lipinski definition) is 5. The number of halogens is 4. The summed E-state index contributed by atoms with van der Waals surface area (Å²) in [6, 6.07) is 2.81. The number of guanidine groups is 1. The molecule has 1 aromatic carbocycles. The topological polar surface area (TPSA) is 89.0 Å². The second kappa shape index (κ2) is 9.31. The van der Waals surface area contributed by atoms with Crippen LogP contribution in [-0.4, -0.2) is 29.3 Å². The van der Waals surface area contributed by atoms with Crippen molar-refractivity contribution in [2.75, 3.05) is 0 Å². The largest absolute Gasteiger partial charge is 0.444 e. The van der Waals surface area contributed by atoms with Crippen LogP contribution in [0.4, 0.5) is 27.2 Å². The normalized spacial score (nSPS) is 12.1. The number of alkyl carbamates (subject to hydrolysis) is 2. The fourth-order valence-corrected chi connectivity index (χ4v) is 2.09. The quantitative estimate of drug-likeness (QED) is 0.399. The van der Waals surface area contributed by atoms with Gasteiger partial charge in [0.05, 0.1) is 12.1 Å². The van der Waals surface area contributed by atoms with Crippen LogP contribution in [0, 0.1) is 5.82 Å². The minimum Gasteiger partial charge on any atom is -0.444 e. The molecule has 168 valence electrons. The molecule has 0 aliphatic rings. The van der Waals surface area contributed by atoms with Crippen molar-refractivity contribution in [1.82, 2.24) is 10.6 Å². The number of benzene rings is 1. The summed E-state index contributed by atoms with van der Waals surface area (Å²) >= 11 is 0. The number of carbonyl (C=O) groups is 2. The van der Waals surface area contributed by atoms with Gasteiger partial charge in [-0.05, 0) is 53.2 Å². The first kappa shape index (κ1) is 25.2. The van der Waals surface area contributed by atoms with E-state index >= 15 is 0 Å². The van der Waals surface area contributed by atoms with Crippen LogP contribution in [0.1, 0.15) is 52.7 Å². The van der Waals surface area contributed by atoms with Gasteiger partial charge in [-0.2, -0.15) is 13.2 Å². The Morgan fingerprint density at radius 1 is 0.933 bits per heavy atom. The van der Waals surface area contributed by atoms with E-state index in [-0.39, 0.29) is 0 Å². The zero-order valence-corrected chi connectivity index (χ0v) is 17.5. The van der Waals surface area contributed by atoms with Crippen LogP contribution in [0.5, 0.6) is 0 Å². The molecule has 0 saturated carbocycles. The van der Waals surface area contributed by atoms with Gasteiger partial charge in [-0.15, -0.1) is 0 Å². The maximum atomic E-state index is 13.7. The van der Waals surface area contributed by atoms with Gasteiger partial charge in [0.2, 0.25) is 5.96 Å². The Bertz CT molecular complexity index is 777. The summed E-state index contributed by atoms with van der Waals surface area (Å²) < 4.78 is 63.3. The van der Waals surface area contributed by atoms with Crippen LogP contribution < -0.4 is 10.6 Å². The number of ether oxygens (including phenoxy) is 2. The first-order chi connectivity index (χ1) is 13.5. The molecule has 0 heterocycles. The second-order valence-electron chi connectivity index (χ2n) is 8.19. The Kier molecular flexibility index (Phi) is 7.82. The van der Waals surface area contributed by atoms with Crippen molar-refractivity contribution in [2.24, 2.45) is 4.99 Å². The fourth-order valence-electron chi connectivity index (χ4n) is 2.09. The summed E-state index contributed by atoms with van der Waals surface area (Å²) in [4.78, 5) is 27.7. The standard InChI is InChI=1S/C19H25F4N3O4/c1-17(2,3)29-15(27)25-14(26-16(28)30-18(4,5)6)24-10-11-8-7-9-12(20)13(11)19(21,22)23/h7-9H,10H2,1-6H3,(H2,24,25,26,27,28). The highest BCUT2D eigenvalue weighted by Gasteiger charge is 2.36. The molecule has 0 aliphatic carbocycles. The Morgan fingerprint density at radius 3 is 1.80 bits per heavy atom. The Balaban J connectivity index is 3.16. The minimum absolute atomic E-state index is 0.489. The fraction of sp³-hybridized carbons (Fsp3) is 0.526. The summed E-state index contributed by atoms with van der Waals surface area (Å²) in [6.07, 6.45) is -6.96. The molecule has 0 aromatic heterocycles. The molecule has 1 rings (SSSR count). The number of carbonyl (C=O) groups excluding carboxylic acids is 2. The molecular formula is C19H25F4N3O4. The van der Waals surface area contributed by atoms with Gasteiger partial charge in [-0.3, -0.25) is 10.6 Å². The van der Waals surface area contributed by atoms with Crippen LogP contribution >= 0.6 is 0 Å². The third-order valence-corrected chi connectivity index (χ3v) is 3.03. The zero-order chi connectivity index (χ0) is 23.3. The molecule has 11 heteroatoms. The van der Waals surface area contributed by atoms with Gasteiger partial charge >= 0.3 is 18.4 Å². The molecule has 0 bridgehead atoms. The molecule has 0 unspecified atom stereocenters. The van der Waals surface area contributed by atoms with Gasteiger partial charge < -0.3 is 9.47 Å². The Hall–Kier alpha value is -2.85. The smallest absolute Gasteiger partial charge is 0.419 e. The summed E-state index contributed by atoms with van der Waals surface area (Å²) in [5, 5.41) is 4.27. The molecule has 0 fully saturated rings. The lowest BCUT2D eigenvalue weighted by Gasteiger charge is -2.22. The average molecular weight is 435 g/mol. The van der Waals surface area contributed by atoms with E-state index in [2.05, 4.69) is 15.6 Å². The third kappa shape index (κ3) is 9.10. The van der Waals surface area contributed by atoms with Gasteiger partial charge in [-0.1, -0.05) is 12.1 Å². The predicted molar refractivity (Wildman–Crippen MR) is 101 cm³/mol. The monoisotopic (exact) mass is 435 g/mol. The van der Waals surface area contributed by atoms with E-state index in [4.69, 9.17) is 9.47 Å². The van der Waals surface area contributed by atoms with Crippen molar-refractivity contribution in [3.63, 3.8) is 0 Å². The highest BCUT2D eigenvalue weighted by molar-refractivity contribution is 6.01. The summed E-state index contributed by atoms with van der Waals surface area (Å²) in [5.74, 6) is -1.98. The third-order valence-electron chi connectivity index (χ3n) is 3.03. The highest BCUT2D eigenvalue weighted by Crippen LogP contribution is 2.34. The number of alkyl halides is 3. The lowest BCUT2D eigenvalue weighted by atomic mass is 10.1.